The Morgan fingerprint density at radius 1 is 1.19 bits per heavy atom. The van der Waals surface area contributed by atoms with Crippen molar-refractivity contribution in [2.45, 2.75) is 57.2 Å². The number of benzene rings is 1. The molecule has 0 heterocycles. The lowest BCUT2D eigenvalue weighted by Crippen LogP contribution is -2.42. The number of nitrogens with zero attached hydrogens (tertiary/aromatic N) is 1. The van der Waals surface area contributed by atoms with Gasteiger partial charge in [-0.2, -0.15) is 0 Å². The molecule has 2 aliphatic carbocycles. The zero-order valence-electron chi connectivity index (χ0n) is 15.7. The van der Waals surface area contributed by atoms with Gasteiger partial charge in [-0.1, -0.05) is 12.2 Å². The standard InChI is InChI=1S/C20H29N3O2.HI/c1-21-20(23-16-7-3-4-8-16)22-14-15-11-12-18(24-2)13-19(15)25-17-9-5-6-10-17;/h3-4,11-13,16-17H,5-10,14H2,1-2H3,(H2,21,22,23);1H. The minimum atomic E-state index is 0. The van der Waals surface area contributed by atoms with Crippen molar-refractivity contribution in [2.24, 2.45) is 4.99 Å². The Bertz CT molecular complexity index is 619. The van der Waals surface area contributed by atoms with Gasteiger partial charge in [0.2, 0.25) is 0 Å². The lowest BCUT2D eigenvalue weighted by Gasteiger charge is -2.20. The van der Waals surface area contributed by atoms with Crippen molar-refractivity contribution in [3.8, 4) is 11.5 Å². The molecule has 1 aromatic carbocycles. The van der Waals surface area contributed by atoms with Crippen molar-refractivity contribution in [1.29, 1.82) is 0 Å². The predicted molar refractivity (Wildman–Crippen MR) is 117 cm³/mol. The number of methoxy groups -OCH3 is 1. The van der Waals surface area contributed by atoms with Gasteiger partial charge < -0.3 is 20.1 Å². The number of guanidine groups is 1. The van der Waals surface area contributed by atoms with E-state index in [1.54, 1.807) is 7.11 Å². The molecule has 5 nitrogen and oxygen atoms in total. The number of aliphatic imine (C=N–C) groups is 1. The molecule has 0 aliphatic heterocycles. The van der Waals surface area contributed by atoms with Crippen LogP contribution >= 0.6 is 24.0 Å². The molecule has 26 heavy (non-hydrogen) atoms. The summed E-state index contributed by atoms with van der Waals surface area (Å²) in [5, 5.41) is 6.87. The number of rotatable bonds is 6. The van der Waals surface area contributed by atoms with Crippen LogP contribution in [0.1, 0.15) is 44.1 Å². The van der Waals surface area contributed by atoms with Gasteiger partial charge in [0.15, 0.2) is 5.96 Å². The number of nitrogens with one attached hydrogen (secondary N) is 2. The van der Waals surface area contributed by atoms with E-state index in [0.717, 1.165) is 48.7 Å². The van der Waals surface area contributed by atoms with E-state index in [2.05, 4.69) is 33.8 Å². The van der Waals surface area contributed by atoms with E-state index in [0.29, 0.717) is 18.7 Å². The van der Waals surface area contributed by atoms with E-state index in [-0.39, 0.29) is 24.0 Å². The molecule has 2 aliphatic rings. The second-order valence-electron chi connectivity index (χ2n) is 6.71. The first-order valence-corrected chi connectivity index (χ1v) is 9.24. The van der Waals surface area contributed by atoms with Crippen molar-refractivity contribution in [1.82, 2.24) is 10.6 Å². The zero-order chi connectivity index (χ0) is 17.5. The van der Waals surface area contributed by atoms with Gasteiger partial charge >= 0.3 is 0 Å². The van der Waals surface area contributed by atoms with Gasteiger partial charge in [0, 0.05) is 31.3 Å². The fourth-order valence-electron chi connectivity index (χ4n) is 3.41. The first-order chi connectivity index (χ1) is 12.3. The fourth-order valence-corrected chi connectivity index (χ4v) is 3.41. The third-order valence-corrected chi connectivity index (χ3v) is 4.89. The maximum absolute atomic E-state index is 6.26. The average Bonchev–Trinajstić information content (AvgIpc) is 3.33. The molecule has 144 valence electrons. The van der Waals surface area contributed by atoms with Gasteiger partial charge in [0.25, 0.3) is 0 Å². The number of hydrogen-bond donors (Lipinski definition) is 2. The van der Waals surface area contributed by atoms with Gasteiger partial charge in [-0.05, 0) is 50.7 Å². The van der Waals surface area contributed by atoms with Crippen LogP contribution in [0.5, 0.6) is 11.5 Å². The van der Waals surface area contributed by atoms with E-state index >= 15 is 0 Å². The lowest BCUT2D eigenvalue weighted by atomic mass is 10.1. The van der Waals surface area contributed by atoms with E-state index < -0.39 is 0 Å². The van der Waals surface area contributed by atoms with Crippen molar-refractivity contribution in [2.75, 3.05) is 14.2 Å². The summed E-state index contributed by atoms with van der Waals surface area (Å²) in [7, 11) is 3.50. The molecule has 0 amide bonds. The fraction of sp³-hybridized carbons (Fsp3) is 0.550. The van der Waals surface area contributed by atoms with Gasteiger partial charge in [-0.3, -0.25) is 4.99 Å². The monoisotopic (exact) mass is 471 g/mol. The summed E-state index contributed by atoms with van der Waals surface area (Å²) in [6.07, 6.45) is 11.7. The summed E-state index contributed by atoms with van der Waals surface area (Å²) in [5.41, 5.74) is 1.13. The SMILES string of the molecule is CN=C(NCc1ccc(OC)cc1OC1CCCC1)NC1CC=CC1.I. The van der Waals surface area contributed by atoms with Gasteiger partial charge in [0.1, 0.15) is 11.5 Å². The average molecular weight is 471 g/mol. The number of halogens is 1. The lowest BCUT2D eigenvalue weighted by molar-refractivity contribution is 0.207. The molecule has 0 aromatic heterocycles. The topological polar surface area (TPSA) is 54.9 Å². The second kappa shape index (κ2) is 10.6. The molecule has 2 N–H and O–H groups in total. The largest absolute Gasteiger partial charge is 0.497 e. The first kappa shape index (κ1) is 20.9. The van der Waals surface area contributed by atoms with Crippen LogP contribution in [0.25, 0.3) is 0 Å². The molecule has 0 radical (unpaired) electrons. The second-order valence-corrected chi connectivity index (χ2v) is 6.71. The Morgan fingerprint density at radius 2 is 1.92 bits per heavy atom. The highest BCUT2D eigenvalue weighted by Gasteiger charge is 2.19. The third-order valence-electron chi connectivity index (χ3n) is 4.89. The van der Waals surface area contributed by atoms with Crippen molar-refractivity contribution < 1.29 is 9.47 Å². The Kier molecular flexibility index (Phi) is 8.54. The Hall–Kier alpha value is -1.44. The molecule has 0 unspecified atom stereocenters. The highest BCUT2D eigenvalue weighted by molar-refractivity contribution is 14.0. The summed E-state index contributed by atoms with van der Waals surface area (Å²) >= 11 is 0. The smallest absolute Gasteiger partial charge is 0.191 e. The summed E-state index contributed by atoms with van der Waals surface area (Å²) in [6.45, 7) is 0.672. The highest BCUT2D eigenvalue weighted by Crippen LogP contribution is 2.30. The Morgan fingerprint density at radius 3 is 2.58 bits per heavy atom. The van der Waals surface area contributed by atoms with Crippen LogP contribution in [0.3, 0.4) is 0 Å². The normalized spacial score (nSPS) is 17.8. The molecule has 6 heteroatoms. The molecule has 1 saturated carbocycles. The van der Waals surface area contributed by atoms with E-state index in [1.165, 1.54) is 12.8 Å². The molecule has 1 fully saturated rings. The summed E-state index contributed by atoms with van der Waals surface area (Å²) in [5.74, 6) is 2.57. The van der Waals surface area contributed by atoms with Crippen LogP contribution < -0.4 is 20.1 Å². The minimum Gasteiger partial charge on any atom is -0.497 e. The summed E-state index contributed by atoms with van der Waals surface area (Å²) in [6, 6.07) is 6.49. The van der Waals surface area contributed by atoms with E-state index in [9.17, 15) is 0 Å². The molecule has 1 aromatic rings. The van der Waals surface area contributed by atoms with Crippen LogP contribution in [-0.4, -0.2) is 32.3 Å². The minimum absolute atomic E-state index is 0. The quantitative estimate of drug-likeness (QED) is 0.285. The van der Waals surface area contributed by atoms with Gasteiger partial charge in [0.05, 0.1) is 13.2 Å². The molecule has 0 spiro atoms. The number of hydrogen-bond acceptors (Lipinski definition) is 3. The van der Waals surface area contributed by atoms with Crippen molar-refractivity contribution >= 4 is 29.9 Å². The van der Waals surface area contributed by atoms with Gasteiger partial charge in [-0.15, -0.1) is 24.0 Å². The van der Waals surface area contributed by atoms with Crippen LogP contribution in [0.4, 0.5) is 0 Å². The van der Waals surface area contributed by atoms with Crippen LogP contribution in [0, 0.1) is 0 Å². The van der Waals surface area contributed by atoms with Crippen molar-refractivity contribution in [3.63, 3.8) is 0 Å². The Labute approximate surface area is 173 Å². The zero-order valence-corrected chi connectivity index (χ0v) is 18.0. The predicted octanol–water partition coefficient (Wildman–Crippen LogP) is 4.02. The van der Waals surface area contributed by atoms with Gasteiger partial charge in [-0.25, -0.2) is 0 Å². The van der Waals surface area contributed by atoms with Crippen LogP contribution in [0.15, 0.2) is 35.3 Å². The van der Waals surface area contributed by atoms with Crippen LogP contribution in [-0.2, 0) is 6.54 Å². The summed E-state index contributed by atoms with van der Waals surface area (Å²) in [4.78, 5) is 4.33. The van der Waals surface area contributed by atoms with E-state index in [4.69, 9.17) is 9.47 Å². The Balaban J connectivity index is 0.00000243. The van der Waals surface area contributed by atoms with Crippen LogP contribution in [0.2, 0.25) is 0 Å². The maximum atomic E-state index is 6.26. The molecule has 0 saturated heterocycles. The summed E-state index contributed by atoms with van der Waals surface area (Å²) < 4.78 is 11.6. The highest BCUT2D eigenvalue weighted by atomic mass is 127. The molecular formula is C20H30IN3O2. The molecule has 0 bridgehead atoms. The molecule has 3 rings (SSSR count). The first-order valence-electron chi connectivity index (χ1n) is 9.24. The van der Waals surface area contributed by atoms with E-state index in [1.807, 2.05) is 19.2 Å². The third kappa shape index (κ3) is 5.79. The van der Waals surface area contributed by atoms with Crippen molar-refractivity contribution in [3.05, 3.63) is 35.9 Å². The molecule has 0 atom stereocenters. The molecular weight excluding hydrogens is 441 g/mol. The number of ether oxygens (including phenoxy) is 2. The maximum Gasteiger partial charge on any atom is 0.191 e.